The lowest BCUT2D eigenvalue weighted by molar-refractivity contribution is -0.123. The lowest BCUT2D eigenvalue weighted by Crippen LogP contribution is -2.24. The molecule has 1 amide bonds. The molecule has 0 spiro atoms. The van der Waals surface area contributed by atoms with Gasteiger partial charge in [-0.15, -0.1) is 0 Å². The minimum absolute atomic E-state index is 0.0266. The van der Waals surface area contributed by atoms with Crippen LogP contribution < -0.4 is 5.73 Å². The topological polar surface area (TPSA) is 43.1 Å². The molecule has 2 aliphatic carbocycles. The Morgan fingerprint density at radius 1 is 1.50 bits per heavy atom. The van der Waals surface area contributed by atoms with Crippen LogP contribution in [0.1, 0.15) is 32.1 Å². The molecule has 0 unspecified atom stereocenters. The van der Waals surface area contributed by atoms with Crippen LogP contribution in [0.15, 0.2) is 0 Å². The summed E-state index contributed by atoms with van der Waals surface area (Å²) >= 11 is 0. The molecule has 0 heterocycles. The SMILES string of the molecule is NC(=O)C1(CC2CC2)CC1. The maximum atomic E-state index is 10.9. The molecule has 0 aliphatic heterocycles. The van der Waals surface area contributed by atoms with Crippen molar-refractivity contribution in [3.05, 3.63) is 0 Å². The second-order valence-corrected chi connectivity index (χ2v) is 3.79. The van der Waals surface area contributed by atoms with Crippen molar-refractivity contribution in [2.24, 2.45) is 17.1 Å². The van der Waals surface area contributed by atoms with Crippen molar-refractivity contribution in [1.82, 2.24) is 0 Å². The molecule has 2 saturated carbocycles. The predicted molar refractivity (Wildman–Crippen MR) is 38.2 cm³/mol. The van der Waals surface area contributed by atoms with Gasteiger partial charge in [-0.1, -0.05) is 12.8 Å². The average molecular weight is 139 g/mol. The summed E-state index contributed by atoms with van der Waals surface area (Å²) in [6.07, 6.45) is 5.85. The van der Waals surface area contributed by atoms with Crippen molar-refractivity contribution in [3.8, 4) is 0 Å². The van der Waals surface area contributed by atoms with Crippen LogP contribution in [0.3, 0.4) is 0 Å². The summed E-state index contributed by atoms with van der Waals surface area (Å²) in [7, 11) is 0. The van der Waals surface area contributed by atoms with Crippen LogP contribution in [0.25, 0.3) is 0 Å². The van der Waals surface area contributed by atoms with E-state index in [1.807, 2.05) is 0 Å². The molecule has 0 radical (unpaired) electrons. The monoisotopic (exact) mass is 139 g/mol. The van der Waals surface area contributed by atoms with Crippen LogP contribution in [-0.2, 0) is 4.79 Å². The molecule has 2 heteroatoms. The van der Waals surface area contributed by atoms with E-state index in [0.717, 1.165) is 25.2 Å². The molecular formula is C8H13NO. The molecule has 2 aliphatic rings. The first-order valence-electron chi connectivity index (χ1n) is 4.03. The van der Waals surface area contributed by atoms with E-state index in [1.54, 1.807) is 0 Å². The second-order valence-electron chi connectivity index (χ2n) is 3.79. The Kier molecular flexibility index (Phi) is 1.08. The maximum absolute atomic E-state index is 10.9. The number of hydrogen-bond donors (Lipinski definition) is 1. The summed E-state index contributed by atoms with van der Waals surface area (Å²) in [6, 6.07) is 0. The Bertz CT molecular complexity index is 168. The van der Waals surface area contributed by atoms with Gasteiger partial charge in [0.25, 0.3) is 0 Å². The molecule has 0 aromatic heterocycles. The van der Waals surface area contributed by atoms with Gasteiger partial charge >= 0.3 is 0 Å². The molecule has 2 nitrogen and oxygen atoms in total. The van der Waals surface area contributed by atoms with Crippen molar-refractivity contribution >= 4 is 5.91 Å². The van der Waals surface area contributed by atoms with Gasteiger partial charge in [-0.05, 0) is 25.2 Å². The molecule has 2 N–H and O–H groups in total. The molecule has 0 saturated heterocycles. The number of primary amides is 1. The summed E-state index contributed by atoms with van der Waals surface area (Å²) in [5, 5.41) is 0. The van der Waals surface area contributed by atoms with E-state index in [9.17, 15) is 4.79 Å². The van der Waals surface area contributed by atoms with E-state index in [2.05, 4.69) is 0 Å². The normalized spacial score (nSPS) is 28.0. The molecular weight excluding hydrogens is 126 g/mol. The molecule has 2 fully saturated rings. The number of amides is 1. The highest BCUT2D eigenvalue weighted by Gasteiger charge is 2.50. The fourth-order valence-electron chi connectivity index (χ4n) is 1.58. The summed E-state index contributed by atoms with van der Waals surface area (Å²) in [5.74, 6) is 0.786. The summed E-state index contributed by atoms with van der Waals surface area (Å²) in [4.78, 5) is 10.9. The first-order chi connectivity index (χ1) is 4.73. The van der Waals surface area contributed by atoms with Gasteiger partial charge in [0.05, 0.1) is 0 Å². The van der Waals surface area contributed by atoms with Gasteiger partial charge in [0.2, 0.25) is 5.91 Å². The number of nitrogens with two attached hydrogens (primary N) is 1. The Balaban J connectivity index is 1.93. The lowest BCUT2D eigenvalue weighted by Gasteiger charge is -2.07. The van der Waals surface area contributed by atoms with Crippen LogP contribution in [0.5, 0.6) is 0 Å². The molecule has 0 atom stereocenters. The van der Waals surface area contributed by atoms with Gasteiger partial charge in [-0.25, -0.2) is 0 Å². The Labute approximate surface area is 60.8 Å². The molecule has 10 heavy (non-hydrogen) atoms. The molecule has 0 aromatic carbocycles. The Hall–Kier alpha value is -0.530. The van der Waals surface area contributed by atoms with Gasteiger partial charge < -0.3 is 5.73 Å². The van der Waals surface area contributed by atoms with Crippen LogP contribution >= 0.6 is 0 Å². The summed E-state index contributed by atoms with van der Waals surface area (Å²) in [5.41, 5.74) is 5.24. The molecule has 0 aromatic rings. The van der Waals surface area contributed by atoms with E-state index >= 15 is 0 Å². The van der Waals surface area contributed by atoms with E-state index < -0.39 is 0 Å². The third-order valence-corrected chi connectivity index (χ3v) is 2.75. The van der Waals surface area contributed by atoms with Gasteiger partial charge in [0.1, 0.15) is 0 Å². The number of carbonyl (C=O) groups excluding carboxylic acids is 1. The average Bonchev–Trinajstić information content (AvgIpc) is 2.65. The fraction of sp³-hybridized carbons (Fsp3) is 0.875. The van der Waals surface area contributed by atoms with Crippen LogP contribution in [0.2, 0.25) is 0 Å². The smallest absolute Gasteiger partial charge is 0.223 e. The van der Waals surface area contributed by atoms with Gasteiger partial charge in [-0.3, -0.25) is 4.79 Å². The number of hydrogen-bond acceptors (Lipinski definition) is 1. The number of rotatable bonds is 3. The van der Waals surface area contributed by atoms with Gasteiger partial charge in [-0.2, -0.15) is 0 Å². The Morgan fingerprint density at radius 3 is 2.40 bits per heavy atom. The third kappa shape index (κ3) is 0.917. The zero-order valence-corrected chi connectivity index (χ0v) is 6.10. The zero-order valence-electron chi connectivity index (χ0n) is 6.10. The summed E-state index contributed by atoms with van der Waals surface area (Å²) in [6.45, 7) is 0. The van der Waals surface area contributed by atoms with E-state index in [0.29, 0.717) is 0 Å². The second kappa shape index (κ2) is 1.74. The van der Waals surface area contributed by atoms with Crippen molar-refractivity contribution in [3.63, 3.8) is 0 Å². The first kappa shape index (κ1) is 6.20. The van der Waals surface area contributed by atoms with Crippen LogP contribution in [-0.4, -0.2) is 5.91 Å². The van der Waals surface area contributed by atoms with Crippen molar-refractivity contribution in [1.29, 1.82) is 0 Å². The van der Waals surface area contributed by atoms with Gasteiger partial charge in [0, 0.05) is 5.41 Å². The van der Waals surface area contributed by atoms with E-state index in [4.69, 9.17) is 5.73 Å². The van der Waals surface area contributed by atoms with Crippen molar-refractivity contribution in [2.75, 3.05) is 0 Å². The molecule has 0 bridgehead atoms. The highest BCUT2D eigenvalue weighted by Crippen LogP contribution is 2.54. The highest BCUT2D eigenvalue weighted by molar-refractivity contribution is 5.83. The van der Waals surface area contributed by atoms with E-state index in [-0.39, 0.29) is 11.3 Å². The molecule has 56 valence electrons. The number of carbonyl (C=O) groups is 1. The first-order valence-corrected chi connectivity index (χ1v) is 4.03. The lowest BCUT2D eigenvalue weighted by atomic mass is 9.99. The predicted octanol–water partition coefficient (Wildman–Crippen LogP) is 1.05. The minimum Gasteiger partial charge on any atom is -0.369 e. The summed E-state index contributed by atoms with van der Waals surface area (Å²) < 4.78 is 0. The highest BCUT2D eigenvalue weighted by atomic mass is 16.1. The third-order valence-electron chi connectivity index (χ3n) is 2.75. The molecule has 2 rings (SSSR count). The van der Waals surface area contributed by atoms with E-state index in [1.165, 1.54) is 12.8 Å². The van der Waals surface area contributed by atoms with Crippen molar-refractivity contribution in [2.45, 2.75) is 32.1 Å². The standard InChI is InChI=1S/C8H13NO/c9-7(10)8(3-4-8)5-6-1-2-6/h6H,1-5H2,(H2,9,10). The van der Waals surface area contributed by atoms with Crippen LogP contribution in [0.4, 0.5) is 0 Å². The quantitative estimate of drug-likeness (QED) is 0.624. The zero-order chi connectivity index (χ0) is 7.19. The van der Waals surface area contributed by atoms with Crippen LogP contribution in [0, 0.1) is 11.3 Å². The maximum Gasteiger partial charge on any atom is 0.223 e. The fourth-order valence-corrected chi connectivity index (χ4v) is 1.58. The Morgan fingerprint density at radius 2 is 2.10 bits per heavy atom. The minimum atomic E-state index is -0.0561. The largest absolute Gasteiger partial charge is 0.369 e. The van der Waals surface area contributed by atoms with Gasteiger partial charge in [0.15, 0.2) is 0 Å². The van der Waals surface area contributed by atoms with Crippen molar-refractivity contribution < 1.29 is 4.79 Å².